The molecule has 2 N–H and O–H groups in total. The SMILES string of the molecule is Cc1sc(C(=O)OC2CCCCC2)cc1S(N)(=O)=O. The van der Waals surface area contributed by atoms with Crippen LogP contribution in [-0.2, 0) is 14.8 Å². The van der Waals surface area contributed by atoms with Crippen LogP contribution in [0.3, 0.4) is 0 Å². The Balaban J connectivity index is 2.11. The lowest BCUT2D eigenvalue weighted by Gasteiger charge is -2.21. The molecule has 0 amide bonds. The highest BCUT2D eigenvalue weighted by Crippen LogP contribution is 2.27. The molecule has 1 saturated carbocycles. The van der Waals surface area contributed by atoms with E-state index in [0.29, 0.717) is 9.75 Å². The zero-order valence-corrected chi connectivity index (χ0v) is 12.4. The van der Waals surface area contributed by atoms with Crippen LogP contribution in [0.25, 0.3) is 0 Å². The van der Waals surface area contributed by atoms with Gasteiger partial charge in [-0.15, -0.1) is 11.3 Å². The van der Waals surface area contributed by atoms with Crippen LogP contribution in [0, 0.1) is 6.92 Å². The van der Waals surface area contributed by atoms with Crippen LogP contribution in [0.1, 0.15) is 46.7 Å². The van der Waals surface area contributed by atoms with Crippen molar-refractivity contribution < 1.29 is 17.9 Å². The zero-order valence-electron chi connectivity index (χ0n) is 10.7. The number of hydrogen-bond donors (Lipinski definition) is 1. The van der Waals surface area contributed by atoms with Gasteiger partial charge in [-0.1, -0.05) is 6.42 Å². The summed E-state index contributed by atoms with van der Waals surface area (Å²) in [5.41, 5.74) is 0. The Labute approximate surface area is 116 Å². The maximum Gasteiger partial charge on any atom is 0.348 e. The molecule has 106 valence electrons. The average Bonchev–Trinajstić information content (AvgIpc) is 2.72. The highest BCUT2D eigenvalue weighted by molar-refractivity contribution is 7.89. The molecule has 1 aliphatic carbocycles. The van der Waals surface area contributed by atoms with E-state index in [1.165, 1.54) is 12.5 Å². The van der Waals surface area contributed by atoms with Crippen molar-refractivity contribution in [3.63, 3.8) is 0 Å². The third-order valence-electron chi connectivity index (χ3n) is 3.21. The van der Waals surface area contributed by atoms with Gasteiger partial charge in [-0.3, -0.25) is 0 Å². The molecule has 0 radical (unpaired) electrons. The van der Waals surface area contributed by atoms with Crippen molar-refractivity contribution in [1.82, 2.24) is 0 Å². The smallest absolute Gasteiger partial charge is 0.348 e. The van der Waals surface area contributed by atoms with Gasteiger partial charge in [-0.05, 0) is 38.7 Å². The van der Waals surface area contributed by atoms with Crippen molar-refractivity contribution in [2.24, 2.45) is 5.14 Å². The Morgan fingerprint density at radius 2 is 2.00 bits per heavy atom. The number of carbonyl (C=O) groups excluding carboxylic acids is 1. The fraction of sp³-hybridized carbons (Fsp3) is 0.583. The summed E-state index contributed by atoms with van der Waals surface area (Å²) < 4.78 is 28.0. The van der Waals surface area contributed by atoms with Crippen LogP contribution in [0.5, 0.6) is 0 Å². The summed E-state index contributed by atoms with van der Waals surface area (Å²) in [5, 5.41) is 5.08. The summed E-state index contributed by atoms with van der Waals surface area (Å²) in [6.45, 7) is 1.63. The first-order valence-electron chi connectivity index (χ1n) is 6.22. The van der Waals surface area contributed by atoms with Crippen LogP contribution >= 0.6 is 11.3 Å². The molecule has 2 rings (SSSR count). The van der Waals surface area contributed by atoms with Gasteiger partial charge in [0, 0.05) is 4.88 Å². The van der Waals surface area contributed by atoms with Gasteiger partial charge < -0.3 is 4.74 Å². The standard InChI is InChI=1S/C12H17NO4S2/c1-8-11(19(13,15)16)7-10(18-8)12(14)17-9-5-3-2-4-6-9/h7,9H,2-6H2,1H3,(H2,13,15,16). The normalized spacial score (nSPS) is 17.4. The second kappa shape index (κ2) is 5.60. The third-order valence-corrected chi connectivity index (χ3v) is 5.40. The molecule has 0 aliphatic heterocycles. The molecule has 0 atom stereocenters. The number of thiophene rings is 1. The molecule has 1 heterocycles. The van der Waals surface area contributed by atoms with Crippen molar-refractivity contribution in [3.05, 3.63) is 15.8 Å². The van der Waals surface area contributed by atoms with Crippen LogP contribution in [0.4, 0.5) is 0 Å². The van der Waals surface area contributed by atoms with Gasteiger partial charge in [0.05, 0.1) is 4.90 Å². The fourth-order valence-electron chi connectivity index (χ4n) is 2.24. The molecule has 0 aromatic carbocycles. The van der Waals surface area contributed by atoms with E-state index in [0.717, 1.165) is 37.0 Å². The average molecular weight is 303 g/mol. The Morgan fingerprint density at radius 3 is 2.53 bits per heavy atom. The Kier molecular flexibility index (Phi) is 4.27. The number of ether oxygens (including phenoxy) is 1. The van der Waals surface area contributed by atoms with Crippen molar-refractivity contribution >= 4 is 27.3 Å². The molecule has 0 bridgehead atoms. The van der Waals surface area contributed by atoms with Gasteiger partial charge in [0.2, 0.25) is 10.0 Å². The number of rotatable bonds is 3. The Hall–Kier alpha value is -0.920. The summed E-state index contributed by atoms with van der Waals surface area (Å²) in [6, 6.07) is 1.31. The minimum Gasteiger partial charge on any atom is -0.458 e. The van der Waals surface area contributed by atoms with Crippen LogP contribution < -0.4 is 5.14 Å². The largest absolute Gasteiger partial charge is 0.458 e. The Bertz CT molecular complexity index is 571. The van der Waals surface area contributed by atoms with E-state index in [4.69, 9.17) is 9.88 Å². The van der Waals surface area contributed by atoms with Crippen LogP contribution in [0.15, 0.2) is 11.0 Å². The van der Waals surface area contributed by atoms with Gasteiger partial charge in [-0.2, -0.15) is 0 Å². The molecule has 1 aromatic heterocycles. The second-order valence-corrected chi connectivity index (χ2v) is 7.53. The molecule has 1 aromatic rings. The third kappa shape index (κ3) is 3.55. The van der Waals surface area contributed by atoms with E-state index in [-0.39, 0.29) is 11.0 Å². The van der Waals surface area contributed by atoms with Gasteiger partial charge >= 0.3 is 5.97 Å². The summed E-state index contributed by atoms with van der Waals surface area (Å²) in [4.78, 5) is 12.8. The summed E-state index contributed by atoms with van der Waals surface area (Å²) >= 11 is 1.10. The first kappa shape index (κ1) is 14.5. The van der Waals surface area contributed by atoms with E-state index in [9.17, 15) is 13.2 Å². The maximum absolute atomic E-state index is 12.0. The van der Waals surface area contributed by atoms with E-state index >= 15 is 0 Å². The molecule has 7 heteroatoms. The molecule has 19 heavy (non-hydrogen) atoms. The monoisotopic (exact) mass is 303 g/mol. The number of sulfonamides is 1. The molecule has 0 saturated heterocycles. The first-order chi connectivity index (χ1) is 8.88. The van der Waals surface area contributed by atoms with Crippen LogP contribution in [0.2, 0.25) is 0 Å². The minimum atomic E-state index is -3.78. The summed E-state index contributed by atoms with van der Waals surface area (Å²) in [6.07, 6.45) is 5.06. The lowest BCUT2D eigenvalue weighted by Crippen LogP contribution is -2.20. The van der Waals surface area contributed by atoms with Crippen molar-refractivity contribution in [3.8, 4) is 0 Å². The molecule has 5 nitrogen and oxygen atoms in total. The molecule has 1 fully saturated rings. The Morgan fingerprint density at radius 1 is 1.37 bits per heavy atom. The number of hydrogen-bond acceptors (Lipinski definition) is 5. The van der Waals surface area contributed by atoms with Crippen LogP contribution in [-0.4, -0.2) is 20.5 Å². The maximum atomic E-state index is 12.0. The van der Waals surface area contributed by atoms with Crippen molar-refractivity contribution in [1.29, 1.82) is 0 Å². The van der Waals surface area contributed by atoms with Gasteiger partial charge in [0.1, 0.15) is 11.0 Å². The van der Waals surface area contributed by atoms with Gasteiger partial charge in [0.25, 0.3) is 0 Å². The van der Waals surface area contributed by atoms with Gasteiger partial charge in [0.15, 0.2) is 0 Å². The van der Waals surface area contributed by atoms with E-state index in [1.807, 2.05) is 0 Å². The summed E-state index contributed by atoms with van der Waals surface area (Å²) in [5.74, 6) is -0.449. The van der Waals surface area contributed by atoms with Crippen molar-refractivity contribution in [2.45, 2.75) is 50.0 Å². The number of primary sulfonamides is 1. The van der Waals surface area contributed by atoms with Gasteiger partial charge in [-0.25, -0.2) is 18.4 Å². The zero-order chi connectivity index (χ0) is 14.0. The quantitative estimate of drug-likeness (QED) is 0.867. The molecule has 1 aliphatic rings. The predicted molar refractivity (Wildman–Crippen MR) is 72.7 cm³/mol. The molecular weight excluding hydrogens is 286 g/mol. The van der Waals surface area contributed by atoms with Crippen molar-refractivity contribution in [2.75, 3.05) is 0 Å². The highest BCUT2D eigenvalue weighted by atomic mass is 32.2. The molecular formula is C12H17NO4S2. The van der Waals surface area contributed by atoms with E-state index in [1.54, 1.807) is 6.92 Å². The predicted octanol–water partition coefficient (Wildman–Crippen LogP) is 2.19. The second-order valence-electron chi connectivity index (χ2n) is 4.74. The fourth-order valence-corrected chi connectivity index (χ4v) is 4.27. The highest BCUT2D eigenvalue weighted by Gasteiger charge is 2.23. The van der Waals surface area contributed by atoms with E-state index < -0.39 is 16.0 Å². The number of esters is 1. The number of carbonyl (C=O) groups is 1. The summed E-state index contributed by atoms with van der Waals surface area (Å²) in [7, 11) is -3.78. The lowest BCUT2D eigenvalue weighted by atomic mass is 9.98. The molecule has 0 spiro atoms. The number of aryl methyl sites for hydroxylation is 1. The minimum absolute atomic E-state index is 0.00749. The molecule has 0 unspecified atom stereocenters. The van der Waals surface area contributed by atoms with E-state index in [2.05, 4.69) is 0 Å². The lowest BCUT2D eigenvalue weighted by molar-refractivity contribution is 0.0216. The first-order valence-corrected chi connectivity index (χ1v) is 8.58. The number of nitrogens with two attached hydrogens (primary N) is 1. The topological polar surface area (TPSA) is 86.5 Å².